The first-order valence-corrected chi connectivity index (χ1v) is 9.17. The van der Waals surface area contributed by atoms with Crippen LogP contribution in [0.4, 0.5) is 13.9 Å². The number of rotatable bonds is 4. The number of fused-ring (bicyclic) bond motifs is 2. The molecule has 0 saturated heterocycles. The smallest absolute Gasteiger partial charge is 0.226 e. The second-order valence-corrected chi connectivity index (χ2v) is 7.71. The number of amides is 1. The van der Waals surface area contributed by atoms with Crippen molar-refractivity contribution >= 4 is 22.4 Å². The maximum atomic E-state index is 13.3. The van der Waals surface area contributed by atoms with Crippen molar-refractivity contribution in [2.75, 3.05) is 5.32 Å². The van der Waals surface area contributed by atoms with Gasteiger partial charge >= 0.3 is 0 Å². The van der Waals surface area contributed by atoms with Gasteiger partial charge in [-0.05, 0) is 55.2 Å². The second kappa shape index (κ2) is 6.24. The lowest BCUT2D eigenvalue weighted by molar-refractivity contribution is -0.117. The molecule has 0 radical (unpaired) electrons. The van der Waals surface area contributed by atoms with E-state index in [1.54, 1.807) is 5.38 Å². The SMILES string of the molecule is O=C(C[C@@H]1C[C@H]2CC[C@@H]1C2)Nc1nc(-c2ccc(F)c(F)c2)cs1. The fourth-order valence-corrected chi connectivity index (χ4v) is 4.89. The Balaban J connectivity index is 1.39. The lowest BCUT2D eigenvalue weighted by Crippen LogP contribution is -2.20. The van der Waals surface area contributed by atoms with Crippen LogP contribution in [0.25, 0.3) is 11.3 Å². The molecule has 0 aliphatic heterocycles. The molecular formula is C18H18F2N2OS. The Bertz CT molecular complexity index is 776. The molecule has 2 fully saturated rings. The summed E-state index contributed by atoms with van der Waals surface area (Å²) in [5.41, 5.74) is 1.04. The molecule has 24 heavy (non-hydrogen) atoms. The molecule has 1 amide bonds. The third-order valence-electron chi connectivity index (χ3n) is 5.30. The first-order chi connectivity index (χ1) is 11.6. The van der Waals surface area contributed by atoms with Crippen LogP contribution in [0.15, 0.2) is 23.6 Å². The number of halogens is 2. The molecule has 126 valence electrons. The summed E-state index contributed by atoms with van der Waals surface area (Å²) in [6, 6.07) is 3.68. The van der Waals surface area contributed by atoms with E-state index in [9.17, 15) is 13.6 Å². The Morgan fingerprint density at radius 2 is 2.12 bits per heavy atom. The molecule has 2 aromatic rings. The van der Waals surface area contributed by atoms with E-state index >= 15 is 0 Å². The standard InChI is InChI=1S/C18H18F2N2OS/c19-14-4-3-12(7-15(14)20)16-9-24-18(21-16)22-17(23)8-13-6-10-1-2-11(13)5-10/h3-4,7,9-11,13H,1-2,5-6,8H2,(H,21,22,23)/t10-,11+,13-/m0/s1. The molecule has 0 unspecified atom stereocenters. The van der Waals surface area contributed by atoms with Crippen molar-refractivity contribution in [1.29, 1.82) is 0 Å². The summed E-state index contributed by atoms with van der Waals surface area (Å²) >= 11 is 1.30. The summed E-state index contributed by atoms with van der Waals surface area (Å²) in [5, 5.41) is 5.08. The fourth-order valence-electron chi connectivity index (χ4n) is 4.15. The zero-order chi connectivity index (χ0) is 16.7. The summed E-state index contributed by atoms with van der Waals surface area (Å²) in [4.78, 5) is 16.5. The van der Waals surface area contributed by atoms with Crippen LogP contribution in [0.2, 0.25) is 0 Å². The van der Waals surface area contributed by atoms with E-state index in [0.29, 0.717) is 28.7 Å². The van der Waals surface area contributed by atoms with Gasteiger partial charge < -0.3 is 5.32 Å². The van der Waals surface area contributed by atoms with Crippen LogP contribution in [0.1, 0.15) is 32.1 Å². The van der Waals surface area contributed by atoms with E-state index in [0.717, 1.165) is 24.0 Å². The van der Waals surface area contributed by atoms with E-state index in [1.807, 2.05) is 0 Å². The van der Waals surface area contributed by atoms with Gasteiger partial charge in [-0.1, -0.05) is 6.42 Å². The Morgan fingerprint density at radius 3 is 2.83 bits per heavy atom. The van der Waals surface area contributed by atoms with Gasteiger partial charge in [0.1, 0.15) is 0 Å². The number of nitrogens with one attached hydrogen (secondary N) is 1. The monoisotopic (exact) mass is 348 g/mol. The topological polar surface area (TPSA) is 42.0 Å². The number of hydrogen-bond donors (Lipinski definition) is 1. The predicted octanol–water partition coefficient (Wildman–Crippen LogP) is 4.85. The molecule has 1 heterocycles. The Morgan fingerprint density at radius 1 is 1.25 bits per heavy atom. The van der Waals surface area contributed by atoms with E-state index in [2.05, 4.69) is 10.3 Å². The molecule has 4 rings (SSSR count). The largest absolute Gasteiger partial charge is 0.302 e. The van der Waals surface area contributed by atoms with Gasteiger partial charge in [-0.2, -0.15) is 0 Å². The van der Waals surface area contributed by atoms with E-state index in [1.165, 1.54) is 43.1 Å². The first-order valence-electron chi connectivity index (χ1n) is 8.29. The summed E-state index contributed by atoms with van der Waals surface area (Å²) < 4.78 is 26.3. The summed E-state index contributed by atoms with van der Waals surface area (Å²) in [6.45, 7) is 0. The number of hydrogen-bond acceptors (Lipinski definition) is 3. The van der Waals surface area contributed by atoms with Gasteiger partial charge in [-0.25, -0.2) is 13.8 Å². The van der Waals surface area contributed by atoms with Gasteiger partial charge in [0.15, 0.2) is 16.8 Å². The van der Waals surface area contributed by atoms with Gasteiger partial charge in [-0.15, -0.1) is 11.3 Å². The van der Waals surface area contributed by atoms with Gasteiger partial charge in [0.25, 0.3) is 0 Å². The first kappa shape index (κ1) is 15.7. The van der Waals surface area contributed by atoms with E-state index in [-0.39, 0.29) is 5.91 Å². The highest BCUT2D eigenvalue weighted by molar-refractivity contribution is 7.14. The third-order valence-corrected chi connectivity index (χ3v) is 6.06. The highest BCUT2D eigenvalue weighted by Gasteiger charge is 2.40. The Hall–Kier alpha value is -1.82. The van der Waals surface area contributed by atoms with Gasteiger partial charge in [0.05, 0.1) is 5.69 Å². The molecule has 1 N–H and O–H groups in total. The maximum absolute atomic E-state index is 13.3. The molecule has 2 aliphatic rings. The second-order valence-electron chi connectivity index (χ2n) is 6.85. The minimum absolute atomic E-state index is 0.00117. The number of carbonyl (C=O) groups excluding carboxylic acids is 1. The van der Waals surface area contributed by atoms with Crippen molar-refractivity contribution in [1.82, 2.24) is 4.98 Å². The Kier molecular flexibility index (Phi) is 4.08. The molecule has 2 saturated carbocycles. The van der Waals surface area contributed by atoms with Crippen LogP contribution >= 0.6 is 11.3 Å². The van der Waals surface area contributed by atoms with Crippen LogP contribution in [-0.2, 0) is 4.79 Å². The summed E-state index contributed by atoms with van der Waals surface area (Å²) in [6.07, 6.45) is 5.61. The molecule has 2 aliphatic carbocycles. The van der Waals surface area contributed by atoms with Crippen LogP contribution in [-0.4, -0.2) is 10.9 Å². The van der Waals surface area contributed by atoms with Gasteiger partial charge in [0, 0.05) is 17.4 Å². The molecule has 3 nitrogen and oxygen atoms in total. The van der Waals surface area contributed by atoms with Gasteiger partial charge in [-0.3, -0.25) is 4.79 Å². The number of thiazole rings is 1. The molecule has 3 atom stereocenters. The van der Waals surface area contributed by atoms with Crippen LogP contribution < -0.4 is 5.32 Å². The average molecular weight is 348 g/mol. The van der Waals surface area contributed by atoms with Crippen LogP contribution in [0, 0.1) is 29.4 Å². The van der Waals surface area contributed by atoms with Crippen LogP contribution in [0.3, 0.4) is 0 Å². The summed E-state index contributed by atoms with van der Waals surface area (Å²) in [5.74, 6) is 0.270. The predicted molar refractivity (Wildman–Crippen MR) is 89.7 cm³/mol. The van der Waals surface area contributed by atoms with E-state index < -0.39 is 11.6 Å². The van der Waals surface area contributed by atoms with Crippen molar-refractivity contribution in [3.05, 3.63) is 35.2 Å². The van der Waals surface area contributed by atoms with Crippen molar-refractivity contribution in [2.45, 2.75) is 32.1 Å². The quantitative estimate of drug-likeness (QED) is 0.858. The van der Waals surface area contributed by atoms with E-state index in [4.69, 9.17) is 0 Å². The van der Waals surface area contributed by atoms with Crippen molar-refractivity contribution in [3.8, 4) is 11.3 Å². The fraction of sp³-hybridized carbons (Fsp3) is 0.444. The molecule has 2 bridgehead atoms. The third kappa shape index (κ3) is 3.07. The minimum Gasteiger partial charge on any atom is -0.302 e. The van der Waals surface area contributed by atoms with Crippen molar-refractivity contribution in [2.24, 2.45) is 17.8 Å². The average Bonchev–Trinajstić information content (AvgIpc) is 3.26. The van der Waals surface area contributed by atoms with Crippen LogP contribution in [0.5, 0.6) is 0 Å². The zero-order valence-electron chi connectivity index (χ0n) is 13.1. The summed E-state index contributed by atoms with van der Waals surface area (Å²) in [7, 11) is 0. The number of anilines is 1. The molecular weight excluding hydrogens is 330 g/mol. The lowest BCUT2D eigenvalue weighted by Gasteiger charge is -2.20. The maximum Gasteiger partial charge on any atom is 0.226 e. The lowest BCUT2D eigenvalue weighted by atomic mass is 9.86. The number of aromatic nitrogens is 1. The van der Waals surface area contributed by atoms with Crippen molar-refractivity contribution < 1.29 is 13.6 Å². The molecule has 0 spiro atoms. The number of benzene rings is 1. The highest BCUT2D eigenvalue weighted by atomic mass is 32.1. The van der Waals surface area contributed by atoms with Gasteiger partial charge in [0.2, 0.25) is 5.91 Å². The molecule has 6 heteroatoms. The minimum atomic E-state index is -0.901. The molecule has 1 aromatic carbocycles. The molecule has 1 aromatic heterocycles. The number of nitrogens with zero attached hydrogens (tertiary/aromatic N) is 1. The Labute approximate surface area is 143 Å². The zero-order valence-corrected chi connectivity index (χ0v) is 13.9. The number of carbonyl (C=O) groups is 1. The normalized spacial score (nSPS) is 25.2. The highest BCUT2D eigenvalue weighted by Crippen LogP contribution is 2.49. The van der Waals surface area contributed by atoms with Crippen molar-refractivity contribution in [3.63, 3.8) is 0 Å².